The van der Waals surface area contributed by atoms with Crippen LogP contribution in [0.5, 0.6) is 0 Å². The lowest BCUT2D eigenvalue weighted by Crippen LogP contribution is -2.52. The van der Waals surface area contributed by atoms with Gasteiger partial charge in [-0.2, -0.15) is 0 Å². The van der Waals surface area contributed by atoms with Crippen molar-refractivity contribution in [2.24, 2.45) is 0 Å². The van der Waals surface area contributed by atoms with Crippen molar-refractivity contribution >= 4 is 5.91 Å². The number of allylic oxidation sites excluding steroid dienone is 1. The van der Waals surface area contributed by atoms with Crippen LogP contribution in [0.1, 0.15) is 19.3 Å². The Balaban J connectivity index is 1.70. The molecule has 1 saturated heterocycles. The Bertz CT molecular complexity index is 332. The van der Waals surface area contributed by atoms with E-state index >= 15 is 0 Å². The van der Waals surface area contributed by atoms with Crippen LogP contribution in [0.3, 0.4) is 0 Å². The van der Waals surface area contributed by atoms with E-state index < -0.39 is 0 Å². The van der Waals surface area contributed by atoms with Crippen LogP contribution in [-0.2, 0) is 4.79 Å². The standard InChI is InChI=1S/C15H25N3O/c1-2-8-16-15(19)13-17-9-11-18(12-10-17)14-6-4-3-5-7-14/h2,4,6,14H,1,3,5,7-13H2,(H,16,19)/t14-/m0/s1. The number of piperazine rings is 1. The monoisotopic (exact) mass is 263 g/mol. The average Bonchev–Trinajstić information content (AvgIpc) is 2.47. The number of rotatable bonds is 5. The Kier molecular flexibility index (Phi) is 5.61. The number of amides is 1. The molecule has 4 nitrogen and oxygen atoms in total. The zero-order chi connectivity index (χ0) is 13.5. The third-order valence-corrected chi connectivity index (χ3v) is 3.92. The molecule has 1 fully saturated rings. The summed E-state index contributed by atoms with van der Waals surface area (Å²) < 4.78 is 0. The third kappa shape index (κ3) is 4.48. The minimum atomic E-state index is 0.103. The summed E-state index contributed by atoms with van der Waals surface area (Å²) in [6, 6.07) is 0.630. The van der Waals surface area contributed by atoms with Crippen LogP contribution >= 0.6 is 0 Å². The molecule has 106 valence electrons. The predicted octanol–water partition coefficient (Wildman–Crippen LogP) is 1.01. The highest BCUT2D eigenvalue weighted by molar-refractivity contribution is 5.78. The summed E-state index contributed by atoms with van der Waals surface area (Å²) in [5.74, 6) is 0.103. The van der Waals surface area contributed by atoms with Gasteiger partial charge < -0.3 is 5.32 Å². The van der Waals surface area contributed by atoms with Gasteiger partial charge in [-0.15, -0.1) is 6.58 Å². The van der Waals surface area contributed by atoms with E-state index in [1.54, 1.807) is 6.08 Å². The molecule has 1 aliphatic carbocycles. The Morgan fingerprint density at radius 1 is 1.37 bits per heavy atom. The molecule has 0 aromatic heterocycles. The molecule has 1 atom stereocenters. The molecule has 0 unspecified atom stereocenters. The molecule has 0 spiro atoms. The maximum absolute atomic E-state index is 11.6. The molecule has 2 aliphatic rings. The summed E-state index contributed by atoms with van der Waals surface area (Å²) in [5.41, 5.74) is 0. The lowest BCUT2D eigenvalue weighted by molar-refractivity contribution is -0.122. The van der Waals surface area contributed by atoms with Gasteiger partial charge in [-0.05, 0) is 19.3 Å². The lowest BCUT2D eigenvalue weighted by Gasteiger charge is -2.38. The number of nitrogens with zero attached hydrogens (tertiary/aromatic N) is 2. The van der Waals surface area contributed by atoms with Crippen LogP contribution in [0.4, 0.5) is 0 Å². The van der Waals surface area contributed by atoms with Crippen LogP contribution in [0.2, 0.25) is 0 Å². The van der Waals surface area contributed by atoms with Gasteiger partial charge in [0, 0.05) is 38.8 Å². The van der Waals surface area contributed by atoms with Crippen molar-refractivity contribution in [1.29, 1.82) is 0 Å². The van der Waals surface area contributed by atoms with Gasteiger partial charge >= 0.3 is 0 Å². The first kappa shape index (κ1) is 14.3. The van der Waals surface area contributed by atoms with Gasteiger partial charge in [0.05, 0.1) is 6.54 Å². The molecule has 0 bridgehead atoms. The summed E-state index contributed by atoms with van der Waals surface area (Å²) in [6.45, 7) is 8.81. The van der Waals surface area contributed by atoms with Crippen molar-refractivity contribution in [2.45, 2.75) is 25.3 Å². The normalized spacial score (nSPS) is 25.2. The van der Waals surface area contributed by atoms with Crippen molar-refractivity contribution in [3.05, 3.63) is 24.8 Å². The highest BCUT2D eigenvalue weighted by Gasteiger charge is 2.23. The van der Waals surface area contributed by atoms with E-state index in [4.69, 9.17) is 0 Å². The van der Waals surface area contributed by atoms with E-state index in [2.05, 4.69) is 33.8 Å². The highest BCUT2D eigenvalue weighted by Crippen LogP contribution is 2.17. The van der Waals surface area contributed by atoms with Gasteiger partial charge in [0.25, 0.3) is 0 Å². The van der Waals surface area contributed by atoms with Gasteiger partial charge in [0.2, 0.25) is 5.91 Å². The van der Waals surface area contributed by atoms with Crippen LogP contribution in [-0.4, -0.2) is 61.0 Å². The molecule has 0 radical (unpaired) electrons. The Morgan fingerprint density at radius 3 is 2.79 bits per heavy atom. The molecular weight excluding hydrogens is 238 g/mol. The van der Waals surface area contributed by atoms with Gasteiger partial charge in [0.1, 0.15) is 0 Å². The molecule has 19 heavy (non-hydrogen) atoms. The van der Waals surface area contributed by atoms with Crippen molar-refractivity contribution in [1.82, 2.24) is 15.1 Å². The maximum atomic E-state index is 11.6. The van der Waals surface area contributed by atoms with E-state index in [1.165, 1.54) is 19.3 Å². The van der Waals surface area contributed by atoms with Crippen molar-refractivity contribution < 1.29 is 4.79 Å². The molecule has 0 aromatic rings. The second-order valence-corrected chi connectivity index (χ2v) is 5.33. The Morgan fingerprint density at radius 2 is 2.16 bits per heavy atom. The van der Waals surface area contributed by atoms with Gasteiger partial charge in [-0.3, -0.25) is 14.6 Å². The Hall–Kier alpha value is -1.13. The quantitative estimate of drug-likeness (QED) is 0.752. The summed E-state index contributed by atoms with van der Waals surface area (Å²) in [7, 11) is 0. The molecular formula is C15H25N3O. The topological polar surface area (TPSA) is 35.6 Å². The summed E-state index contributed by atoms with van der Waals surface area (Å²) in [5, 5.41) is 2.83. The van der Waals surface area contributed by atoms with E-state index in [1.807, 2.05) is 0 Å². The first-order valence-electron chi connectivity index (χ1n) is 7.30. The number of carbonyl (C=O) groups excluding carboxylic acids is 1. The molecule has 0 saturated carbocycles. The minimum absolute atomic E-state index is 0.103. The van der Waals surface area contributed by atoms with Crippen molar-refractivity contribution in [3.63, 3.8) is 0 Å². The SMILES string of the molecule is C=CCNC(=O)CN1CCN([C@H]2C=CCCC2)CC1. The van der Waals surface area contributed by atoms with E-state index in [9.17, 15) is 4.79 Å². The smallest absolute Gasteiger partial charge is 0.234 e. The van der Waals surface area contributed by atoms with Crippen LogP contribution in [0.15, 0.2) is 24.8 Å². The van der Waals surface area contributed by atoms with Crippen LogP contribution in [0.25, 0.3) is 0 Å². The second-order valence-electron chi connectivity index (χ2n) is 5.33. The van der Waals surface area contributed by atoms with E-state index in [-0.39, 0.29) is 5.91 Å². The van der Waals surface area contributed by atoms with E-state index in [0.29, 0.717) is 19.1 Å². The number of nitrogens with one attached hydrogen (secondary N) is 1. The number of carbonyl (C=O) groups is 1. The van der Waals surface area contributed by atoms with Crippen LogP contribution < -0.4 is 5.32 Å². The average molecular weight is 263 g/mol. The largest absolute Gasteiger partial charge is 0.352 e. The fourth-order valence-corrected chi connectivity index (χ4v) is 2.80. The number of hydrogen-bond donors (Lipinski definition) is 1. The zero-order valence-electron chi connectivity index (χ0n) is 11.7. The minimum Gasteiger partial charge on any atom is -0.352 e. The summed E-state index contributed by atoms with van der Waals surface area (Å²) >= 11 is 0. The first-order valence-corrected chi connectivity index (χ1v) is 7.30. The molecule has 1 N–H and O–H groups in total. The highest BCUT2D eigenvalue weighted by atomic mass is 16.2. The van der Waals surface area contributed by atoms with Crippen molar-refractivity contribution in [3.8, 4) is 0 Å². The van der Waals surface area contributed by atoms with Gasteiger partial charge in [0.15, 0.2) is 0 Å². The second kappa shape index (κ2) is 7.46. The Labute approximate surface area is 116 Å². The van der Waals surface area contributed by atoms with Gasteiger partial charge in [-0.25, -0.2) is 0 Å². The maximum Gasteiger partial charge on any atom is 0.234 e. The zero-order valence-corrected chi connectivity index (χ0v) is 11.7. The fraction of sp³-hybridized carbons (Fsp3) is 0.667. The third-order valence-electron chi connectivity index (χ3n) is 3.92. The summed E-state index contributed by atoms with van der Waals surface area (Å²) in [4.78, 5) is 16.4. The summed E-state index contributed by atoms with van der Waals surface area (Å²) in [6.07, 6.45) is 10.2. The predicted molar refractivity (Wildman–Crippen MR) is 78.0 cm³/mol. The molecule has 0 aromatic carbocycles. The first-order chi connectivity index (χ1) is 9.29. The molecule has 2 rings (SSSR count). The number of hydrogen-bond acceptors (Lipinski definition) is 3. The van der Waals surface area contributed by atoms with Gasteiger partial charge in [-0.1, -0.05) is 18.2 Å². The molecule has 1 heterocycles. The van der Waals surface area contributed by atoms with Crippen molar-refractivity contribution in [2.75, 3.05) is 39.3 Å². The van der Waals surface area contributed by atoms with Crippen LogP contribution in [0, 0.1) is 0 Å². The molecule has 1 aliphatic heterocycles. The fourth-order valence-electron chi connectivity index (χ4n) is 2.80. The molecule has 1 amide bonds. The van der Waals surface area contributed by atoms with E-state index in [0.717, 1.165) is 26.2 Å². The molecule has 4 heteroatoms. The lowest BCUT2D eigenvalue weighted by atomic mass is 10.0.